The average Bonchev–Trinajstić information content (AvgIpc) is 3.56. The quantitative estimate of drug-likeness (QED) is 0.230. The van der Waals surface area contributed by atoms with Gasteiger partial charge in [0.1, 0.15) is 6.42 Å². The minimum Gasteiger partial charge on any atom is -0.284 e. The summed E-state index contributed by atoms with van der Waals surface area (Å²) in [6.07, 6.45) is -27.3. The Hall–Kier alpha value is -3.98. The number of para-hydroxylation sites is 2. The first-order chi connectivity index (χ1) is 20.7. The van der Waals surface area contributed by atoms with Crippen LogP contribution in [0.25, 0.3) is 0 Å². The summed E-state index contributed by atoms with van der Waals surface area (Å²) in [6, 6.07) is 12.0. The molecule has 0 N–H and O–H groups in total. The predicted octanol–water partition coefficient (Wildman–Crippen LogP) is 9.02. The summed E-state index contributed by atoms with van der Waals surface area (Å²) < 4.78 is 166. The maximum Gasteiger partial charge on any atom is 0.414 e. The van der Waals surface area contributed by atoms with Crippen LogP contribution < -0.4 is 9.80 Å². The molecule has 2 amide bonds. The molecule has 4 nitrogen and oxygen atoms in total. The summed E-state index contributed by atoms with van der Waals surface area (Å²) >= 11 is 0. The molecule has 4 rings (SSSR count). The molecule has 0 spiro atoms. The number of carbonyl (C=O) groups excluding carboxylic acids is 2. The van der Waals surface area contributed by atoms with Gasteiger partial charge in [-0.15, -0.1) is 0 Å². The number of hydrogen-bond donors (Lipinski definition) is 0. The number of alkyl halides is 12. The summed E-state index contributed by atoms with van der Waals surface area (Å²) in [4.78, 5) is 27.7. The fraction of sp³-hybridized carbons (Fsp3) is 0.379. The molecule has 2 atom stereocenters. The summed E-state index contributed by atoms with van der Waals surface area (Å²) in [6.45, 7) is 0. The van der Waals surface area contributed by atoms with Crippen LogP contribution in [0.2, 0.25) is 0 Å². The molecule has 16 heteroatoms. The van der Waals surface area contributed by atoms with Crippen molar-refractivity contribution in [3.05, 3.63) is 83.2 Å². The lowest BCUT2D eigenvalue weighted by Crippen LogP contribution is -2.39. The van der Waals surface area contributed by atoms with Gasteiger partial charge in [0.25, 0.3) is 0 Å². The first kappa shape index (κ1) is 33.9. The van der Waals surface area contributed by atoms with Gasteiger partial charge in [-0.25, -0.2) is 0 Å². The lowest BCUT2D eigenvalue weighted by molar-refractivity contribution is -0.184. The van der Waals surface area contributed by atoms with E-state index in [1.807, 2.05) is 0 Å². The number of rotatable bonds is 6. The Bertz CT molecular complexity index is 1360. The van der Waals surface area contributed by atoms with Crippen LogP contribution in [-0.2, 0) is 9.59 Å². The highest BCUT2D eigenvalue weighted by Crippen LogP contribution is 2.52. The molecule has 0 bridgehead atoms. The van der Waals surface area contributed by atoms with Crippen LogP contribution in [0.1, 0.15) is 32.1 Å². The van der Waals surface area contributed by atoms with Crippen molar-refractivity contribution in [1.82, 2.24) is 0 Å². The fourth-order valence-corrected chi connectivity index (χ4v) is 5.71. The van der Waals surface area contributed by atoms with Crippen molar-refractivity contribution >= 4 is 23.2 Å². The van der Waals surface area contributed by atoms with Crippen molar-refractivity contribution in [2.45, 2.75) is 56.8 Å². The second-order valence-electron chi connectivity index (χ2n) is 10.3. The number of allylic oxidation sites excluding steroid dienone is 4. The molecule has 2 aromatic carbocycles. The number of nitrogens with zero attached hydrogens (tertiary/aromatic N) is 2. The standard InChI is InChI=1S/C29H22F12N2O2/c30-26(31,32)18-11-13-20(24(18)28(36,37)38)42(16-7-3-1-4-8-16)22(44)15-23(45)43(17-9-5-2-6-10-17)21-14-12-19(27(33,34)35)25(21)29(39,40)41/h1-10,18-19H,11-15H2. The monoisotopic (exact) mass is 658 g/mol. The fourth-order valence-electron chi connectivity index (χ4n) is 5.71. The maximum atomic E-state index is 14.1. The number of carbonyl (C=O) groups is 2. The first-order valence-corrected chi connectivity index (χ1v) is 13.2. The Morgan fingerprint density at radius 2 is 0.867 bits per heavy atom. The third-order valence-electron chi connectivity index (χ3n) is 7.43. The molecule has 0 fully saturated rings. The van der Waals surface area contributed by atoms with Crippen molar-refractivity contribution in [1.29, 1.82) is 0 Å². The van der Waals surface area contributed by atoms with E-state index in [9.17, 15) is 62.3 Å². The predicted molar refractivity (Wildman–Crippen MR) is 136 cm³/mol. The lowest BCUT2D eigenvalue weighted by Gasteiger charge is -2.30. The third kappa shape index (κ3) is 7.14. The van der Waals surface area contributed by atoms with Crippen molar-refractivity contribution < 1.29 is 62.3 Å². The van der Waals surface area contributed by atoms with Gasteiger partial charge in [-0.3, -0.25) is 19.4 Å². The van der Waals surface area contributed by atoms with Gasteiger partial charge in [-0.05, 0) is 49.9 Å². The van der Waals surface area contributed by atoms with Crippen molar-refractivity contribution in [3.63, 3.8) is 0 Å². The summed E-state index contributed by atoms with van der Waals surface area (Å²) in [7, 11) is 0. The molecule has 2 aliphatic carbocycles. The molecule has 45 heavy (non-hydrogen) atoms. The van der Waals surface area contributed by atoms with E-state index < -0.39 is 103 Å². The SMILES string of the molecule is O=C(CC(=O)N(C1=C(C(F)(F)F)C(C(F)(F)F)CC1)c1ccccc1)N(C1=C(C(F)(F)F)C(C(F)(F)F)CC1)c1ccccc1. The van der Waals surface area contributed by atoms with Crippen LogP contribution in [-0.4, -0.2) is 36.5 Å². The van der Waals surface area contributed by atoms with Crippen LogP contribution in [0.15, 0.2) is 83.2 Å². The van der Waals surface area contributed by atoms with Crippen molar-refractivity contribution in [2.75, 3.05) is 9.80 Å². The third-order valence-corrected chi connectivity index (χ3v) is 7.43. The highest BCUT2D eigenvalue weighted by atomic mass is 19.4. The normalized spacial score (nSPS) is 19.7. The topological polar surface area (TPSA) is 40.6 Å². The molecule has 0 heterocycles. The average molecular weight is 658 g/mol. The smallest absolute Gasteiger partial charge is 0.284 e. The van der Waals surface area contributed by atoms with E-state index in [4.69, 9.17) is 0 Å². The van der Waals surface area contributed by atoms with Crippen LogP contribution in [0.4, 0.5) is 64.1 Å². The molecule has 244 valence electrons. The molecule has 0 radical (unpaired) electrons. The lowest BCUT2D eigenvalue weighted by atomic mass is 10.00. The van der Waals surface area contributed by atoms with Gasteiger partial charge in [0.15, 0.2) is 0 Å². The van der Waals surface area contributed by atoms with E-state index in [2.05, 4.69) is 0 Å². The minimum absolute atomic E-state index is 0.266. The zero-order valence-electron chi connectivity index (χ0n) is 22.7. The Kier molecular flexibility index (Phi) is 9.10. The maximum absolute atomic E-state index is 14.1. The Labute approximate surface area is 247 Å². The van der Waals surface area contributed by atoms with Crippen LogP contribution >= 0.6 is 0 Å². The second-order valence-corrected chi connectivity index (χ2v) is 10.3. The van der Waals surface area contributed by atoms with Gasteiger partial charge >= 0.3 is 24.7 Å². The Balaban J connectivity index is 1.84. The van der Waals surface area contributed by atoms with Crippen LogP contribution in [0.3, 0.4) is 0 Å². The minimum atomic E-state index is -5.57. The molecule has 0 aromatic heterocycles. The summed E-state index contributed by atoms with van der Waals surface area (Å²) in [5, 5.41) is 0. The van der Waals surface area contributed by atoms with Crippen LogP contribution in [0, 0.1) is 11.8 Å². The van der Waals surface area contributed by atoms with Gasteiger partial charge in [0, 0.05) is 22.8 Å². The van der Waals surface area contributed by atoms with E-state index in [1.165, 1.54) is 36.4 Å². The highest BCUT2D eigenvalue weighted by molar-refractivity contribution is 6.12. The Morgan fingerprint density at radius 3 is 1.13 bits per heavy atom. The van der Waals surface area contributed by atoms with Gasteiger partial charge in [-0.2, -0.15) is 52.7 Å². The van der Waals surface area contributed by atoms with E-state index in [0.29, 0.717) is 0 Å². The second kappa shape index (κ2) is 12.1. The van der Waals surface area contributed by atoms with Gasteiger partial charge in [-0.1, -0.05) is 36.4 Å². The van der Waals surface area contributed by atoms with Gasteiger partial charge in [0.05, 0.1) is 23.0 Å². The molecule has 2 unspecified atom stereocenters. The molecule has 2 aromatic rings. The van der Waals surface area contributed by atoms with E-state index >= 15 is 0 Å². The number of anilines is 2. The largest absolute Gasteiger partial charge is 0.414 e. The van der Waals surface area contributed by atoms with Crippen molar-refractivity contribution in [3.8, 4) is 0 Å². The number of benzene rings is 2. The van der Waals surface area contributed by atoms with Crippen molar-refractivity contribution in [2.24, 2.45) is 11.8 Å². The van der Waals surface area contributed by atoms with Crippen LogP contribution in [0.5, 0.6) is 0 Å². The molecule has 0 saturated heterocycles. The molecule has 0 saturated carbocycles. The van der Waals surface area contributed by atoms with E-state index in [1.54, 1.807) is 0 Å². The van der Waals surface area contributed by atoms with E-state index in [0.717, 1.165) is 24.3 Å². The number of amides is 2. The molecule has 0 aliphatic heterocycles. The summed E-state index contributed by atoms with van der Waals surface area (Å²) in [5.74, 6) is -9.07. The number of halogens is 12. The molecular formula is C29H22F12N2O2. The summed E-state index contributed by atoms with van der Waals surface area (Å²) in [5.41, 5.74) is -7.07. The Morgan fingerprint density at radius 1 is 0.556 bits per heavy atom. The van der Waals surface area contributed by atoms with E-state index in [-0.39, 0.29) is 21.2 Å². The number of hydrogen-bond acceptors (Lipinski definition) is 2. The zero-order chi connectivity index (χ0) is 33.5. The molecular weight excluding hydrogens is 636 g/mol. The first-order valence-electron chi connectivity index (χ1n) is 13.2. The van der Waals surface area contributed by atoms with Gasteiger partial charge in [0.2, 0.25) is 11.8 Å². The highest BCUT2D eigenvalue weighted by Gasteiger charge is 2.57. The molecule has 2 aliphatic rings. The van der Waals surface area contributed by atoms with Gasteiger partial charge < -0.3 is 0 Å². The zero-order valence-corrected chi connectivity index (χ0v) is 22.7.